The number of hydrogen-bond acceptors (Lipinski definition) is 21. The van der Waals surface area contributed by atoms with Crippen molar-refractivity contribution in [1.29, 1.82) is 10.5 Å². The molecule has 0 aliphatic heterocycles. The minimum atomic E-state index is -0.913. The number of hydrogen-bond donors (Lipinski definition) is 4. The van der Waals surface area contributed by atoms with Gasteiger partial charge in [0, 0.05) is 124 Å². The number of nitrogens with zero attached hydrogens (tertiary/aromatic N) is 14. The number of nitriles is 2. The number of nitrogens with one attached hydrogen (secondary N) is 1. The van der Waals surface area contributed by atoms with E-state index in [2.05, 4.69) is 80.8 Å². The van der Waals surface area contributed by atoms with Crippen molar-refractivity contribution in [1.82, 2.24) is 64.4 Å². The van der Waals surface area contributed by atoms with Crippen molar-refractivity contribution in [3.8, 4) is 114 Å². The SMILES string of the molecule is CCC(C#N)(CC)n1cc(-c2cnc(C)c(-c3cc(-c4cccc([C@@H](C)N)c4)no3)n2)ccc1=O.CCC(C#N)(CC)n1cc(-c2cnc(C)c(-c3cc(-c4cccc([C@@H](C)N)c4)no3)n2)ccc1=O.CCC(CC)n1cc(-c2cnc(N)c(-c3cc(-c4ccc(CNC5(C)CC5)cc4)no3)n2)ccc1=O.[HH].[HH].[HH].[HH]. The van der Waals surface area contributed by atoms with Gasteiger partial charge >= 0.3 is 0 Å². The highest BCUT2D eigenvalue weighted by Gasteiger charge is 2.36. The van der Waals surface area contributed by atoms with Gasteiger partial charge in [0.15, 0.2) is 28.8 Å². The Morgan fingerprint density at radius 2 is 0.915 bits per heavy atom. The molecule has 9 aromatic heterocycles. The van der Waals surface area contributed by atoms with Gasteiger partial charge in [-0.15, -0.1) is 0 Å². The molecule has 0 spiro atoms. The van der Waals surface area contributed by atoms with E-state index < -0.39 is 11.1 Å². The summed E-state index contributed by atoms with van der Waals surface area (Å²) < 4.78 is 21.7. The lowest BCUT2D eigenvalue weighted by Crippen LogP contribution is -2.38. The molecule has 13 rings (SSSR count). The van der Waals surface area contributed by atoms with E-state index in [0.29, 0.717) is 122 Å². The Morgan fingerprint density at radius 1 is 0.519 bits per heavy atom. The molecule has 24 nitrogen and oxygen atoms in total. The van der Waals surface area contributed by atoms with Gasteiger partial charge in [-0.25, -0.2) is 19.9 Å². The van der Waals surface area contributed by atoms with Crippen LogP contribution in [0.4, 0.5) is 5.82 Å². The lowest BCUT2D eigenvalue weighted by Gasteiger charge is -2.26. The van der Waals surface area contributed by atoms with Gasteiger partial charge in [0.1, 0.15) is 39.5 Å². The fraction of sp³-hybridized carbons (Fsp3) is 0.317. The molecule has 1 fully saturated rings. The van der Waals surface area contributed by atoms with Crippen LogP contribution < -0.4 is 39.2 Å². The Kier molecular flexibility index (Phi) is 23.0. The highest BCUT2D eigenvalue weighted by atomic mass is 16.5. The van der Waals surface area contributed by atoms with E-state index in [1.165, 1.54) is 39.7 Å². The third kappa shape index (κ3) is 16.3. The molecule has 1 aliphatic rings. The van der Waals surface area contributed by atoms with Gasteiger partial charge in [-0.05, 0) is 133 Å². The Hall–Kier alpha value is -12.0. The maximum Gasteiger partial charge on any atom is 0.251 e. The third-order valence-corrected chi connectivity index (χ3v) is 20.0. The first kappa shape index (κ1) is 75.2. The minimum Gasteiger partial charge on any atom is -0.382 e. The highest BCUT2D eigenvalue weighted by molar-refractivity contribution is 5.74. The predicted octanol–water partition coefficient (Wildman–Crippen LogP) is 16.2. The van der Waals surface area contributed by atoms with E-state index in [1.807, 2.05) is 140 Å². The first-order chi connectivity index (χ1) is 51.0. The fourth-order valence-electron chi connectivity index (χ4n) is 12.5. The smallest absolute Gasteiger partial charge is 0.251 e. The summed E-state index contributed by atoms with van der Waals surface area (Å²) in [5.41, 5.74) is 31.0. The van der Waals surface area contributed by atoms with Gasteiger partial charge in [-0.3, -0.25) is 33.5 Å². The molecular weight excluding hydrogens is 1330 g/mol. The van der Waals surface area contributed by atoms with Crippen LogP contribution in [-0.2, 0) is 17.6 Å². The van der Waals surface area contributed by atoms with Gasteiger partial charge in [-0.1, -0.05) is 118 Å². The molecule has 550 valence electrons. The van der Waals surface area contributed by atoms with Crippen LogP contribution in [0.1, 0.15) is 166 Å². The Bertz CT molecular complexity index is 5180. The van der Waals surface area contributed by atoms with Crippen LogP contribution in [0.15, 0.2) is 193 Å². The lowest BCUT2D eigenvalue weighted by molar-refractivity contribution is 0.345. The summed E-state index contributed by atoms with van der Waals surface area (Å²) in [6.07, 6.45) is 16.4. The second-order valence-electron chi connectivity index (χ2n) is 27.1. The Labute approximate surface area is 621 Å². The van der Waals surface area contributed by atoms with Gasteiger partial charge in [0.05, 0.1) is 59.2 Å². The molecule has 12 aromatic rings. The van der Waals surface area contributed by atoms with E-state index in [0.717, 1.165) is 52.8 Å². The topological polar surface area (TPSA) is 359 Å². The molecule has 106 heavy (non-hydrogen) atoms. The monoisotopic (exact) mass is 1430 g/mol. The number of anilines is 1. The molecule has 0 amide bonds. The number of aryl methyl sites for hydroxylation is 2. The average molecular weight is 1430 g/mol. The van der Waals surface area contributed by atoms with E-state index in [4.69, 9.17) is 45.7 Å². The Morgan fingerprint density at radius 3 is 1.33 bits per heavy atom. The zero-order chi connectivity index (χ0) is 75.6. The lowest BCUT2D eigenvalue weighted by atomic mass is 9.94. The number of rotatable bonds is 23. The van der Waals surface area contributed by atoms with Crippen LogP contribution >= 0.6 is 0 Å². The van der Waals surface area contributed by atoms with Gasteiger partial charge < -0.3 is 40.7 Å². The highest BCUT2D eigenvalue weighted by Crippen LogP contribution is 2.37. The summed E-state index contributed by atoms with van der Waals surface area (Å²) in [6, 6.07) is 43.8. The summed E-state index contributed by atoms with van der Waals surface area (Å²) in [4.78, 5) is 65.3. The standard InChI is InChI=1S/C28H32N6O2.2C27H28N6O2.4H2/c1-4-21(5-2)34-17-20(10-11-25(34)35)23-16-30-27(29)26(32-23)24-14-22(33-36-24)19-8-6-18(7-9-19)15-31-28(3)12-13-28;2*1-5-27(6-2,16-28)33-15-21(10-11-25(33)34)23-14-30-18(4)26(31-23)24-13-22(32-35-24)20-9-7-8-19(12-20)17(3)29;;;;/h6-11,14,16-17,21,31H,4-5,12-13,15H2,1-3H3,(H2,29,30);2*7-15,17H,5-6,29H2,1-4H3;4*1H/t;2*17-;;;;/m.11..../s1. The van der Waals surface area contributed by atoms with Crippen LogP contribution in [0.5, 0.6) is 0 Å². The van der Waals surface area contributed by atoms with Crippen LogP contribution in [0, 0.1) is 36.5 Å². The predicted molar refractivity (Wildman–Crippen MR) is 418 cm³/mol. The average Bonchev–Trinajstić information content (AvgIpc) is 1.07. The first-order valence-corrected chi connectivity index (χ1v) is 35.8. The molecular formula is C82H96N18O6. The van der Waals surface area contributed by atoms with E-state index in [-0.39, 0.29) is 46.3 Å². The fourth-order valence-corrected chi connectivity index (χ4v) is 12.5. The summed E-state index contributed by atoms with van der Waals surface area (Å²) in [6.45, 7) is 22.4. The Balaban J connectivity index is 0.000000225. The molecule has 1 saturated carbocycles. The zero-order valence-electron chi connectivity index (χ0n) is 61.6. The molecule has 24 heteroatoms. The molecule has 7 N–H and O–H groups in total. The summed E-state index contributed by atoms with van der Waals surface area (Å²) in [5.74, 6) is 1.67. The van der Waals surface area contributed by atoms with Crippen molar-refractivity contribution in [3.05, 3.63) is 224 Å². The quantitative estimate of drug-likeness (QED) is 0.0462. The molecule has 0 unspecified atom stereocenters. The van der Waals surface area contributed by atoms with Crippen molar-refractivity contribution >= 4 is 5.82 Å². The van der Waals surface area contributed by atoms with Crippen LogP contribution in [0.2, 0.25) is 0 Å². The summed E-state index contributed by atoms with van der Waals surface area (Å²) in [7, 11) is 0. The maximum atomic E-state index is 12.6. The molecule has 1 aliphatic carbocycles. The molecule has 9 heterocycles. The number of benzene rings is 3. The van der Waals surface area contributed by atoms with Crippen molar-refractivity contribution in [2.45, 2.75) is 169 Å². The van der Waals surface area contributed by atoms with Gasteiger partial charge in [0.2, 0.25) is 0 Å². The van der Waals surface area contributed by atoms with E-state index >= 15 is 0 Å². The number of aromatic nitrogens is 12. The van der Waals surface area contributed by atoms with Crippen LogP contribution in [0.3, 0.4) is 0 Å². The second kappa shape index (κ2) is 32.4. The van der Waals surface area contributed by atoms with Crippen molar-refractivity contribution < 1.29 is 19.3 Å². The maximum absolute atomic E-state index is 12.6. The first-order valence-electron chi connectivity index (χ1n) is 35.8. The molecule has 0 saturated heterocycles. The number of pyridine rings is 3. The van der Waals surface area contributed by atoms with Crippen molar-refractivity contribution in [3.63, 3.8) is 0 Å². The summed E-state index contributed by atoms with van der Waals surface area (Å²) >= 11 is 0. The van der Waals surface area contributed by atoms with Gasteiger partial charge in [-0.2, -0.15) is 10.5 Å². The second-order valence-corrected chi connectivity index (χ2v) is 27.1. The number of nitrogens with two attached hydrogens (primary N) is 3. The largest absolute Gasteiger partial charge is 0.382 e. The van der Waals surface area contributed by atoms with E-state index in [1.54, 1.807) is 59.8 Å². The van der Waals surface area contributed by atoms with Crippen molar-refractivity contribution in [2.24, 2.45) is 11.5 Å². The van der Waals surface area contributed by atoms with Crippen LogP contribution in [-0.4, -0.2) is 64.6 Å². The zero-order valence-corrected chi connectivity index (χ0v) is 61.6. The normalized spacial score (nSPS) is 13.0. The van der Waals surface area contributed by atoms with Gasteiger partial charge in [0.25, 0.3) is 16.7 Å². The summed E-state index contributed by atoms with van der Waals surface area (Å²) in [5, 5.41) is 36.0. The molecule has 2 atom stereocenters. The van der Waals surface area contributed by atoms with Crippen molar-refractivity contribution in [2.75, 3.05) is 5.73 Å². The molecule has 0 radical (unpaired) electrons. The minimum absolute atomic E-state index is 0. The molecule has 3 aromatic carbocycles. The van der Waals surface area contributed by atoms with E-state index in [9.17, 15) is 24.9 Å². The third-order valence-electron chi connectivity index (χ3n) is 20.0. The molecule has 0 bridgehead atoms. The van der Waals surface area contributed by atoms with Crippen LogP contribution in [0.25, 0.3) is 102 Å². The number of nitrogen functional groups attached to an aromatic ring is 1.